The van der Waals surface area contributed by atoms with Gasteiger partial charge in [-0.2, -0.15) is 5.10 Å². The summed E-state index contributed by atoms with van der Waals surface area (Å²) >= 11 is 1.64. The third-order valence-electron chi connectivity index (χ3n) is 5.94. The van der Waals surface area contributed by atoms with Gasteiger partial charge in [0.15, 0.2) is 0 Å². The Labute approximate surface area is 207 Å². The largest absolute Gasteiger partial charge is 0.345 e. The van der Waals surface area contributed by atoms with Gasteiger partial charge < -0.3 is 5.32 Å². The van der Waals surface area contributed by atoms with Gasteiger partial charge in [-0.1, -0.05) is 43.2 Å². The Hall–Kier alpha value is -3.12. The number of nitrogens with one attached hydrogen (secondary N) is 1. The van der Waals surface area contributed by atoms with Crippen LogP contribution in [0.15, 0.2) is 65.5 Å². The molecule has 178 valence electrons. The Morgan fingerprint density at radius 3 is 2.53 bits per heavy atom. The van der Waals surface area contributed by atoms with Crippen molar-refractivity contribution in [3.63, 3.8) is 0 Å². The molecule has 6 heteroatoms. The highest BCUT2D eigenvalue weighted by Gasteiger charge is 2.22. The van der Waals surface area contributed by atoms with Crippen LogP contribution in [-0.4, -0.2) is 26.9 Å². The summed E-state index contributed by atoms with van der Waals surface area (Å²) in [5.74, 6) is -0.115. The number of amides is 1. The summed E-state index contributed by atoms with van der Waals surface area (Å²) in [5.41, 5.74) is 6.73. The fraction of sp³-hybridized carbons (Fsp3) is 0.321. The number of rotatable bonds is 9. The van der Waals surface area contributed by atoms with E-state index in [1.165, 1.54) is 11.1 Å². The number of carbonyl (C=O) groups is 1. The number of aryl methyl sites for hydroxylation is 1. The van der Waals surface area contributed by atoms with Gasteiger partial charge in [0, 0.05) is 28.4 Å². The molecule has 1 amide bonds. The number of allylic oxidation sites excluding steroid dienone is 2. The number of hydrogen-bond acceptors (Lipinski definition) is 4. The maximum absolute atomic E-state index is 13.5. The topological polar surface area (TPSA) is 59.8 Å². The van der Waals surface area contributed by atoms with Crippen molar-refractivity contribution < 1.29 is 4.79 Å². The smallest absolute Gasteiger partial charge is 0.252 e. The Morgan fingerprint density at radius 1 is 1.18 bits per heavy atom. The molecule has 3 rings (SSSR count). The van der Waals surface area contributed by atoms with Gasteiger partial charge in [0.25, 0.3) is 5.91 Å². The number of nitrogens with zero attached hydrogens (tertiary/aromatic N) is 3. The minimum atomic E-state index is -0.120. The SMILES string of the molecule is C/C=C(/C(=O)NC(CC)c1cncc(SC)c1)c1cnn(-c2ccc(C)cc2)c1/C=C(\C)CC. The monoisotopic (exact) mass is 474 g/mol. The van der Waals surface area contributed by atoms with E-state index in [1.54, 1.807) is 18.0 Å². The van der Waals surface area contributed by atoms with Crippen LogP contribution in [0.3, 0.4) is 0 Å². The second-order valence-electron chi connectivity index (χ2n) is 8.33. The zero-order chi connectivity index (χ0) is 24.7. The molecule has 0 aliphatic heterocycles. The number of carbonyl (C=O) groups excluding carboxylic acids is 1. The number of thioether (sulfide) groups is 1. The number of hydrogen-bond donors (Lipinski definition) is 1. The Kier molecular flexibility index (Phi) is 8.88. The zero-order valence-electron chi connectivity index (χ0n) is 20.9. The van der Waals surface area contributed by atoms with Crippen LogP contribution in [0.1, 0.15) is 69.0 Å². The molecule has 1 unspecified atom stereocenters. The summed E-state index contributed by atoms with van der Waals surface area (Å²) in [6.07, 6.45) is 13.2. The van der Waals surface area contributed by atoms with Crippen LogP contribution >= 0.6 is 11.8 Å². The maximum atomic E-state index is 13.5. The van der Waals surface area contributed by atoms with Crippen LogP contribution in [0.25, 0.3) is 17.3 Å². The van der Waals surface area contributed by atoms with Gasteiger partial charge in [0.2, 0.25) is 0 Å². The Morgan fingerprint density at radius 2 is 1.91 bits per heavy atom. The molecule has 5 nitrogen and oxygen atoms in total. The van der Waals surface area contributed by atoms with Gasteiger partial charge >= 0.3 is 0 Å². The first-order valence-corrected chi connectivity index (χ1v) is 12.9. The lowest BCUT2D eigenvalue weighted by Gasteiger charge is -2.19. The molecule has 1 atom stereocenters. The van der Waals surface area contributed by atoms with E-state index in [0.717, 1.165) is 40.2 Å². The summed E-state index contributed by atoms with van der Waals surface area (Å²) < 4.78 is 1.91. The van der Waals surface area contributed by atoms with Crippen molar-refractivity contribution in [3.05, 3.63) is 83.0 Å². The van der Waals surface area contributed by atoms with Gasteiger partial charge in [0.1, 0.15) is 0 Å². The van der Waals surface area contributed by atoms with Crippen molar-refractivity contribution in [1.29, 1.82) is 0 Å². The lowest BCUT2D eigenvalue weighted by Crippen LogP contribution is -2.29. The highest BCUT2D eigenvalue weighted by Crippen LogP contribution is 2.27. The molecule has 34 heavy (non-hydrogen) atoms. The van der Waals surface area contributed by atoms with E-state index in [0.29, 0.717) is 5.57 Å². The van der Waals surface area contributed by atoms with Crippen molar-refractivity contribution in [3.8, 4) is 5.69 Å². The molecule has 1 N–H and O–H groups in total. The first kappa shape index (κ1) is 25.5. The average Bonchev–Trinajstić information content (AvgIpc) is 3.26. The molecule has 2 heterocycles. The van der Waals surface area contributed by atoms with E-state index in [2.05, 4.69) is 79.5 Å². The molecule has 0 spiro atoms. The summed E-state index contributed by atoms with van der Waals surface area (Å²) in [6, 6.07) is 10.2. The molecule has 0 bridgehead atoms. The van der Waals surface area contributed by atoms with Crippen molar-refractivity contribution in [2.24, 2.45) is 0 Å². The Bertz CT molecular complexity index is 1190. The van der Waals surface area contributed by atoms with Crippen molar-refractivity contribution in [2.45, 2.75) is 58.4 Å². The van der Waals surface area contributed by atoms with Crippen molar-refractivity contribution in [2.75, 3.05) is 6.26 Å². The second kappa shape index (κ2) is 11.8. The molecule has 0 fully saturated rings. The molecule has 0 saturated heterocycles. The summed E-state index contributed by atoms with van der Waals surface area (Å²) in [5, 5.41) is 7.89. The second-order valence-corrected chi connectivity index (χ2v) is 9.21. The van der Waals surface area contributed by atoms with Crippen LogP contribution in [0.5, 0.6) is 0 Å². The zero-order valence-corrected chi connectivity index (χ0v) is 21.7. The lowest BCUT2D eigenvalue weighted by molar-refractivity contribution is -0.116. The van der Waals surface area contributed by atoms with Gasteiger partial charge in [0.05, 0.1) is 23.6 Å². The lowest BCUT2D eigenvalue weighted by atomic mass is 10.0. The molecule has 1 aromatic carbocycles. The third kappa shape index (κ3) is 5.86. The molecule has 3 aromatic rings. The van der Waals surface area contributed by atoms with Crippen LogP contribution in [0.4, 0.5) is 0 Å². The van der Waals surface area contributed by atoms with E-state index in [9.17, 15) is 4.79 Å². The van der Waals surface area contributed by atoms with Crippen LogP contribution in [0, 0.1) is 6.92 Å². The van der Waals surface area contributed by atoms with Crippen LogP contribution < -0.4 is 5.32 Å². The molecule has 0 aliphatic rings. The fourth-order valence-corrected chi connectivity index (χ4v) is 4.16. The highest BCUT2D eigenvalue weighted by molar-refractivity contribution is 7.98. The summed E-state index contributed by atoms with van der Waals surface area (Å²) in [6.45, 7) is 10.3. The van der Waals surface area contributed by atoms with Gasteiger partial charge in [-0.25, -0.2) is 4.68 Å². The van der Waals surface area contributed by atoms with Gasteiger partial charge in [-0.3, -0.25) is 9.78 Å². The van der Waals surface area contributed by atoms with Gasteiger partial charge in [-0.15, -0.1) is 11.8 Å². The van der Waals surface area contributed by atoms with E-state index < -0.39 is 0 Å². The normalized spacial score (nSPS) is 13.1. The van der Waals surface area contributed by atoms with Crippen LogP contribution in [-0.2, 0) is 4.79 Å². The molecule has 0 radical (unpaired) electrons. The molecule has 0 saturated carbocycles. The summed E-state index contributed by atoms with van der Waals surface area (Å²) in [7, 11) is 0. The van der Waals surface area contributed by atoms with E-state index >= 15 is 0 Å². The van der Waals surface area contributed by atoms with Crippen molar-refractivity contribution >= 4 is 29.3 Å². The Balaban J connectivity index is 1.99. The number of aromatic nitrogens is 3. The first-order chi connectivity index (χ1) is 16.4. The molecule has 0 aliphatic carbocycles. The summed E-state index contributed by atoms with van der Waals surface area (Å²) in [4.78, 5) is 18.9. The minimum absolute atomic E-state index is 0.115. The highest BCUT2D eigenvalue weighted by atomic mass is 32.2. The first-order valence-electron chi connectivity index (χ1n) is 11.7. The predicted octanol–water partition coefficient (Wildman–Crippen LogP) is 6.78. The quantitative estimate of drug-likeness (QED) is 0.274. The molecular formula is C28H34N4OS. The average molecular weight is 475 g/mol. The maximum Gasteiger partial charge on any atom is 0.252 e. The van der Waals surface area contributed by atoms with Crippen molar-refractivity contribution in [1.82, 2.24) is 20.1 Å². The van der Waals surface area contributed by atoms with Gasteiger partial charge in [-0.05, 0) is 69.7 Å². The molecule has 2 aromatic heterocycles. The third-order valence-corrected chi connectivity index (χ3v) is 6.63. The predicted molar refractivity (Wildman–Crippen MR) is 143 cm³/mol. The van der Waals surface area contributed by atoms with E-state index in [4.69, 9.17) is 0 Å². The van der Waals surface area contributed by atoms with E-state index in [-0.39, 0.29) is 11.9 Å². The number of pyridine rings is 1. The standard InChI is InChI=1S/C28H34N4OS/c1-7-19(4)14-27-25(18-30-32(27)22-12-10-20(5)11-13-22)24(8-2)28(33)31-26(9-3)21-15-23(34-6)17-29-16-21/h8,10-18,26H,7,9H2,1-6H3,(H,31,33)/b19-14+,24-8+. The fourth-order valence-electron chi connectivity index (χ4n) is 3.74. The van der Waals surface area contributed by atoms with Crippen LogP contribution in [0.2, 0.25) is 0 Å². The minimum Gasteiger partial charge on any atom is -0.345 e. The molecular weight excluding hydrogens is 440 g/mol. The number of benzene rings is 1. The van der Waals surface area contributed by atoms with E-state index in [1.807, 2.05) is 36.3 Å².